The molecule has 7 nitrogen and oxygen atoms in total. The normalized spacial score (nSPS) is 22.5. The Labute approximate surface area is 191 Å². The molecule has 0 saturated carbocycles. The molecule has 31 heavy (non-hydrogen) atoms. The van der Waals surface area contributed by atoms with Gasteiger partial charge in [-0.25, -0.2) is 12.7 Å². The minimum absolute atomic E-state index is 0. The largest absolute Gasteiger partial charge is 0.354 e. The first-order valence-electron chi connectivity index (χ1n) is 10.7. The minimum atomic E-state index is -3.69. The van der Waals surface area contributed by atoms with Gasteiger partial charge >= 0.3 is 0 Å². The summed E-state index contributed by atoms with van der Waals surface area (Å²) in [5.74, 6) is -0.881. The zero-order valence-electron chi connectivity index (χ0n) is 18.1. The molecule has 0 N–H and O–H groups in total. The predicted molar refractivity (Wildman–Crippen MR) is 124 cm³/mol. The Hall–Kier alpha value is -2.06. The van der Waals surface area contributed by atoms with Crippen LogP contribution < -0.4 is 0 Å². The van der Waals surface area contributed by atoms with Gasteiger partial charge in [0.05, 0.1) is 23.9 Å². The monoisotopic (exact) mass is 469 g/mol. The van der Waals surface area contributed by atoms with Gasteiger partial charge < -0.3 is 9.80 Å². The number of carbonyl (C=O) groups excluding carboxylic acids is 2. The molecule has 2 amide bonds. The van der Waals surface area contributed by atoms with Crippen LogP contribution in [-0.2, 0) is 19.6 Å². The number of fused-ring (bicyclic) bond motifs is 1. The molecule has 9 heteroatoms. The van der Waals surface area contributed by atoms with Crippen LogP contribution in [0.3, 0.4) is 0 Å². The highest BCUT2D eigenvalue weighted by atomic mass is 35.5. The van der Waals surface area contributed by atoms with Crippen LogP contribution in [0.2, 0.25) is 0 Å². The molecule has 0 bridgehead atoms. The molecular formula is C22H32ClN3O4S. The molecular weight excluding hydrogens is 438 g/mol. The number of hydrogen-bond donors (Lipinski definition) is 0. The fraction of sp³-hybridized carbons (Fsp3) is 0.545. The van der Waals surface area contributed by atoms with Gasteiger partial charge in [-0.1, -0.05) is 31.9 Å². The van der Waals surface area contributed by atoms with Gasteiger partial charge in [0, 0.05) is 31.9 Å². The summed E-state index contributed by atoms with van der Waals surface area (Å²) in [6, 6.07) is -0.445. The number of nitrogens with zero attached hydrogens (tertiary/aromatic N) is 3. The summed E-state index contributed by atoms with van der Waals surface area (Å²) >= 11 is 0. The third-order valence-corrected chi connectivity index (χ3v) is 6.77. The van der Waals surface area contributed by atoms with E-state index in [1.165, 1.54) is 0 Å². The first-order chi connectivity index (χ1) is 14.3. The lowest BCUT2D eigenvalue weighted by Crippen LogP contribution is -2.41. The Bertz CT molecular complexity index is 878. The molecule has 3 aliphatic heterocycles. The molecule has 1 saturated heterocycles. The molecule has 3 aliphatic rings. The van der Waals surface area contributed by atoms with Crippen LogP contribution in [0.1, 0.15) is 45.4 Å². The first-order valence-corrected chi connectivity index (χ1v) is 12.5. The molecule has 0 spiro atoms. The molecule has 3 rings (SSSR count). The summed E-state index contributed by atoms with van der Waals surface area (Å²) in [5.41, 5.74) is 0.461. The quantitative estimate of drug-likeness (QED) is 0.484. The van der Waals surface area contributed by atoms with Gasteiger partial charge in [-0.3, -0.25) is 9.59 Å². The van der Waals surface area contributed by atoms with Crippen molar-refractivity contribution in [2.45, 2.75) is 51.5 Å². The van der Waals surface area contributed by atoms with Gasteiger partial charge in [-0.05, 0) is 37.5 Å². The number of amides is 2. The summed E-state index contributed by atoms with van der Waals surface area (Å²) in [4.78, 5) is 29.5. The third-order valence-electron chi connectivity index (χ3n) is 5.72. The van der Waals surface area contributed by atoms with E-state index in [0.29, 0.717) is 25.1 Å². The summed E-state index contributed by atoms with van der Waals surface area (Å²) < 4.78 is 25.2. The van der Waals surface area contributed by atoms with Crippen molar-refractivity contribution < 1.29 is 18.0 Å². The van der Waals surface area contributed by atoms with E-state index in [4.69, 9.17) is 0 Å². The number of carbonyl (C=O) groups is 2. The highest BCUT2D eigenvalue weighted by Gasteiger charge is 2.53. The molecule has 3 heterocycles. The summed E-state index contributed by atoms with van der Waals surface area (Å²) in [6.07, 6.45) is 19.2. The minimum Gasteiger partial charge on any atom is -0.354 e. The van der Waals surface area contributed by atoms with Gasteiger partial charge in [-0.15, -0.1) is 12.4 Å². The van der Waals surface area contributed by atoms with Crippen LogP contribution >= 0.6 is 12.4 Å². The average Bonchev–Trinajstić information content (AvgIpc) is 3.08. The van der Waals surface area contributed by atoms with E-state index in [-0.39, 0.29) is 18.3 Å². The van der Waals surface area contributed by atoms with Gasteiger partial charge in [0.1, 0.15) is 0 Å². The molecule has 172 valence electrons. The zero-order valence-corrected chi connectivity index (χ0v) is 19.8. The number of unbranched alkanes of at least 4 members (excludes halogenated alkanes) is 2. The predicted octanol–water partition coefficient (Wildman–Crippen LogP) is 3.18. The fourth-order valence-corrected chi connectivity index (χ4v) is 5.40. The highest BCUT2D eigenvalue weighted by molar-refractivity contribution is 7.89. The van der Waals surface area contributed by atoms with Crippen molar-refractivity contribution in [3.8, 4) is 0 Å². The standard InChI is InChI=1S/C22H31N3O4S.ClH/c1-3-11-18-21-19(25(22(18)27)30(2,28)29)13-17-24(21)20(26)12-7-6-10-16-23-14-8-4-5-9-15-23;/h4-5,8-9,13-15,18,21H,3,6-7,10-12,16-17H2,1-2H3;1H/t18-,21-;/m0./s1. The van der Waals surface area contributed by atoms with E-state index in [1.807, 2.05) is 43.6 Å². The van der Waals surface area contributed by atoms with Crippen molar-refractivity contribution in [1.82, 2.24) is 14.1 Å². The first kappa shape index (κ1) is 25.2. The second-order valence-electron chi connectivity index (χ2n) is 8.00. The summed E-state index contributed by atoms with van der Waals surface area (Å²) in [5, 5.41) is 0. The van der Waals surface area contributed by atoms with Crippen LogP contribution in [0.25, 0.3) is 0 Å². The van der Waals surface area contributed by atoms with Crippen LogP contribution in [0, 0.1) is 5.92 Å². The Morgan fingerprint density at radius 2 is 1.77 bits per heavy atom. The smallest absolute Gasteiger partial charge is 0.246 e. The number of allylic oxidation sites excluding steroid dienone is 4. The second kappa shape index (κ2) is 11.0. The Morgan fingerprint density at radius 1 is 1.10 bits per heavy atom. The van der Waals surface area contributed by atoms with Crippen molar-refractivity contribution in [1.29, 1.82) is 0 Å². The van der Waals surface area contributed by atoms with Crippen molar-refractivity contribution in [3.05, 3.63) is 48.5 Å². The molecule has 2 atom stereocenters. The Kier molecular flexibility index (Phi) is 8.94. The maximum Gasteiger partial charge on any atom is 0.246 e. The lowest BCUT2D eigenvalue weighted by molar-refractivity contribution is -0.133. The van der Waals surface area contributed by atoms with Gasteiger partial charge in [-0.2, -0.15) is 0 Å². The van der Waals surface area contributed by atoms with Gasteiger partial charge in [0.2, 0.25) is 21.8 Å². The lowest BCUT2D eigenvalue weighted by atomic mass is 9.96. The van der Waals surface area contributed by atoms with Crippen LogP contribution in [0.5, 0.6) is 0 Å². The van der Waals surface area contributed by atoms with Crippen molar-refractivity contribution in [2.24, 2.45) is 5.92 Å². The molecule has 0 aromatic rings. The van der Waals surface area contributed by atoms with E-state index in [0.717, 1.165) is 42.8 Å². The fourth-order valence-electron chi connectivity index (χ4n) is 4.37. The number of hydrogen-bond acceptors (Lipinski definition) is 5. The van der Waals surface area contributed by atoms with E-state index >= 15 is 0 Å². The zero-order chi connectivity index (χ0) is 21.7. The van der Waals surface area contributed by atoms with Gasteiger partial charge in [0.25, 0.3) is 0 Å². The molecule has 0 unspecified atom stereocenters. The van der Waals surface area contributed by atoms with E-state index < -0.39 is 27.9 Å². The van der Waals surface area contributed by atoms with E-state index in [2.05, 4.69) is 4.90 Å². The SMILES string of the molecule is CCC[C@@H]1C(=O)N(S(C)(=O)=O)C2=CCN(C(=O)CCCCCN3C=CC=CC=C3)[C@H]21.Cl. The highest BCUT2D eigenvalue weighted by Crippen LogP contribution is 2.40. The third kappa shape index (κ3) is 5.80. The van der Waals surface area contributed by atoms with Crippen molar-refractivity contribution in [3.63, 3.8) is 0 Å². The summed E-state index contributed by atoms with van der Waals surface area (Å²) in [7, 11) is -3.69. The average molecular weight is 470 g/mol. The molecule has 0 radical (unpaired) electrons. The topological polar surface area (TPSA) is 78.0 Å². The van der Waals surface area contributed by atoms with Crippen molar-refractivity contribution in [2.75, 3.05) is 19.3 Å². The molecule has 0 aromatic heterocycles. The summed E-state index contributed by atoms with van der Waals surface area (Å²) in [6.45, 7) is 3.23. The van der Waals surface area contributed by atoms with Crippen LogP contribution in [-0.4, -0.2) is 59.7 Å². The van der Waals surface area contributed by atoms with E-state index in [9.17, 15) is 18.0 Å². The maximum atomic E-state index is 12.9. The Morgan fingerprint density at radius 3 is 2.39 bits per heavy atom. The number of sulfonamides is 1. The van der Waals surface area contributed by atoms with E-state index in [1.54, 1.807) is 11.0 Å². The second-order valence-corrected chi connectivity index (χ2v) is 9.83. The molecule has 0 aromatic carbocycles. The number of halogens is 1. The maximum absolute atomic E-state index is 12.9. The van der Waals surface area contributed by atoms with Gasteiger partial charge in [0.15, 0.2) is 0 Å². The van der Waals surface area contributed by atoms with Crippen LogP contribution in [0.4, 0.5) is 0 Å². The van der Waals surface area contributed by atoms with Crippen LogP contribution in [0.15, 0.2) is 48.5 Å². The lowest BCUT2D eigenvalue weighted by Gasteiger charge is -2.27. The molecule has 0 aliphatic carbocycles. The van der Waals surface area contributed by atoms with Crippen molar-refractivity contribution >= 4 is 34.2 Å². The Balaban J connectivity index is 0.00000341. The molecule has 1 fully saturated rings. The number of rotatable bonds is 9.